The summed E-state index contributed by atoms with van der Waals surface area (Å²) in [5, 5.41) is 52.1. The Labute approximate surface area is 906 Å². The van der Waals surface area contributed by atoms with Crippen molar-refractivity contribution < 1.29 is 46.7 Å². The summed E-state index contributed by atoms with van der Waals surface area (Å²) in [5.41, 5.74) is 10.3. The normalized spacial score (nSPS) is 16.3. The van der Waals surface area contributed by atoms with E-state index in [0.29, 0.717) is 173 Å². The number of aliphatic imine (C=N–C) groups is 2. The van der Waals surface area contributed by atoms with Crippen LogP contribution in [0.3, 0.4) is 0 Å². The summed E-state index contributed by atoms with van der Waals surface area (Å²) in [4.78, 5) is 118. The second-order valence-corrected chi connectivity index (χ2v) is 43.0. The van der Waals surface area contributed by atoms with Crippen LogP contribution in [0.2, 0.25) is 20.6 Å². The average molecular weight is 2170 g/mol. The molecule has 10 heterocycles. The number of guanidine groups is 1. The number of piperidine rings is 4. The van der Waals surface area contributed by atoms with Crippen molar-refractivity contribution in [3.05, 3.63) is 217 Å². The first kappa shape index (κ1) is 120. The third-order valence-electron chi connectivity index (χ3n) is 28.5. The molecule has 149 heavy (non-hydrogen) atoms. The number of anilines is 2. The number of urea groups is 2. The van der Waals surface area contributed by atoms with Gasteiger partial charge in [0.05, 0.1) is 58.5 Å². The topological polar surface area (TPSA) is 354 Å². The van der Waals surface area contributed by atoms with Gasteiger partial charge in [0, 0.05) is 152 Å². The SMILES string of the molecule is CCCN(C(=O)Nc1ccc(F)cc1)C1CCN([C@H](C)CCNC(=O)c2c(C)cc(Cl)nc2Cl)CC1.COCCN=C(NC#N)C(Cc1ccsc1)C1CCN([C@H](C)CCNC(=O)c2c(C)cc(Cl)nc2C)CC1.Cc1cc(Cl)nc(C)c1C(=O)NCC[C@@H](C)N1CCC(N(CCC(C)C)C(=O)Nc2ccc(F)cc2)CC1.Cc1cc(F)nc(C)c1C(=O)NCC[C@@H](C)N1CCC(N(Cc2ccsc2)C(=NC2CC2)NC#N)CC1. The van der Waals surface area contributed by atoms with Gasteiger partial charge in [-0.15, -0.1) is 0 Å². The number of aromatic nitrogens is 4. The van der Waals surface area contributed by atoms with Crippen LogP contribution >= 0.6 is 69.1 Å². The highest BCUT2D eigenvalue weighted by molar-refractivity contribution is 7.08. The summed E-state index contributed by atoms with van der Waals surface area (Å²) >= 11 is 27.4. The number of pyridine rings is 4. The lowest BCUT2D eigenvalue weighted by Crippen LogP contribution is -2.52. The Hall–Kier alpha value is -10.7. The van der Waals surface area contributed by atoms with Crippen molar-refractivity contribution >= 4 is 128 Å². The zero-order valence-corrected chi connectivity index (χ0v) is 93.5. The molecule has 0 bridgehead atoms. The Morgan fingerprint density at radius 3 is 1.24 bits per heavy atom. The number of nitriles is 2. The Balaban J connectivity index is 0.000000203. The smallest absolute Gasteiger partial charge is 0.322 e. The Bertz CT molecular complexity index is 5680. The van der Waals surface area contributed by atoms with E-state index >= 15 is 0 Å². The molecule has 5 fully saturated rings. The van der Waals surface area contributed by atoms with Gasteiger partial charge in [-0.05, 0) is 350 Å². The number of amides is 8. The number of hydrogen-bond donors (Lipinski definition) is 8. The van der Waals surface area contributed by atoms with Gasteiger partial charge in [-0.1, -0.05) is 67.2 Å². The fourth-order valence-corrected chi connectivity index (χ4v) is 22.4. The number of thiophene rings is 2. The Morgan fingerprint density at radius 2 is 0.866 bits per heavy atom. The van der Waals surface area contributed by atoms with E-state index in [1.54, 1.807) is 99.9 Å². The molecule has 1 unspecified atom stereocenters. The number of carbonyl (C=O) groups excluding carboxylic acids is 6. The molecule has 4 aliphatic heterocycles. The van der Waals surface area contributed by atoms with Gasteiger partial charge < -0.3 is 70.9 Å². The van der Waals surface area contributed by atoms with E-state index in [9.17, 15) is 52.5 Å². The molecule has 5 aliphatic rings. The van der Waals surface area contributed by atoms with Gasteiger partial charge >= 0.3 is 12.1 Å². The summed E-state index contributed by atoms with van der Waals surface area (Å²) in [5.74, 6) is 0.654. The molecule has 8 aromatic rings. The maximum atomic E-state index is 13.5. The molecule has 808 valence electrons. The van der Waals surface area contributed by atoms with Crippen LogP contribution in [0.25, 0.3) is 0 Å². The maximum Gasteiger partial charge on any atom is 0.322 e. The number of hydrogen-bond acceptors (Lipinski definition) is 21. The fraction of sp³-hybridized carbons (Fsp3) is 0.545. The molecule has 6 aromatic heterocycles. The molecule has 13 rings (SSSR count). The van der Waals surface area contributed by atoms with Crippen molar-refractivity contribution in [2.45, 2.75) is 261 Å². The molecule has 0 radical (unpaired) electrons. The number of aryl methyl sites for hydroxylation is 7. The molecule has 2 aromatic carbocycles. The molecular weight excluding hydrogens is 2020 g/mol. The fourth-order valence-electron chi connectivity index (χ4n) is 19.9. The summed E-state index contributed by atoms with van der Waals surface area (Å²) in [6.07, 6.45) is 19.9. The summed E-state index contributed by atoms with van der Waals surface area (Å²) in [6, 6.07) is 24.2. The van der Waals surface area contributed by atoms with Crippen LogP contribution in [0.4, 0.5) is 34.1 Å². The molecule has 1 saturated carbocycles. The van der Waals surface area contributed by atoms with E-state index < -0.39 is 5.95 Å². The van der Waals surface area contributed by atoms with E-state index in [4.69, 9.17) is 61.1 Å². The van der Waals surface area contributed by atoms with E-state index in [-0.39, 0.29) is 81.7 Å². The monoisotopic (exact) mass is 2170 g/mol. The van der Waals surface area contributed by atoms with Gasteiger partial charge in [-0.25, -0.2) is 43.3 Å². The first-order valence-corrected chi connectivity index (χ1v) is 55.5. The van der Waals surface area contributed by atoms with Crippen molar-refractivity contribution in [1.82, 2.24) is 86.1 Å². The van der Waals surface area contributed by atoms with Gasteiger partial charge in [0.2, 0.25) is 11.9 Å². The van der Waals surface area contributed by atoms with Crippen molar-refractivity contribution in [2.24, 2.45) is 27.7 Å². The van der Waals surface area contributed by atoms with Gasteiger partial charge in [0.1, 0.15) is 38.1 Å². The minimum absolute atomic E-state index is 0.100. The molecule has 1 aliphatic carbocycles. The number of nitrogens with zero attached hydrogens (tertiary/aromatic N) is 15. The van der Waals surface area contributed by atoms with Crippen LogP contribution in [0.1, 0.15) is 243 Å². The Morgan fingerprint density at radius 1 is 0.483 bits per heavy atom. The zero-order valence-electron chi connectivity index (χ0n) is 88.8. The molecule has 4 saturated heterocycles. The first-order chi connectivity index (χ1) is 71.4. The molecule has 8 N–H and O–H groups in total. The summed E-state index contributed by atoms with van der Waals surface area (Å²) in [6.45, 7) is 40.4. The highest BCUT2D eigenvalue weighted by Gasteiger charge is 2.37. The van der Waals surface area contributed by atoms with E-state index in [1.807, 2.05) is 30.6 Å². The van der Waals surface area contributed by atoms with Crippen molar-refractivity contribution in [2.75, 3.05) is 123 Å². The highest BCUT2D eigenvalue weighted by atomic mass is 35.5. The van der Waals surface area contributed by atoms with Crippen LogP contribution in [0.15, 0.2) is 116 Å². The lowest BCUT2D eigenvalue weighted by molar-refractivity contribution is 0.0912. The molecular formula is C110H150Cl4F3N23O7S2. The molecule has 5 atom stereocenters. The first-order valence-electron chi connectivity index (χ1n) is 52.1. The van der Waals surface area contributed by atoms with E-state index in [1.165, 1.54) is 41.5 Å². The number of nitrogens with one attached hydrogen (secondary N) is 8. The van der Waals surface area contributed by atoms with E-state index in [2.05, 4.69) is 181 Å². The minimum Gasteiger partial charge on any atom is -0.383 e. The van der Waals surface area contributed by atoms with Crippen molar-refractivity contribution in [3.8, 4) is 12.4 Å². The van der Waals surface area contributed by atoms with Gasteiger partial charge in [-0.3, -0.25) is 34.8 Å². The predicted octanol–water partition coefficient (Wildman–Crippen LogP) is 20.4. The lowest BCUT2D eigenvalue weighted by Gasteiger charge is -2.41. The number of methoxy groups -OCH3 is 1. The van der Waals surface area contributed by atoms with Gasteiger partial charge in [0.25, 0.3) is 23.6 Å². The zero-order chi connectivity index (χ0) is 108. The number of amidine groups is 1. The quantitative estimate of drug-likeness (QED) is 0.00441. The summed E-state index contributed by atoms with van der Waals surface area (Å²) < 4.78 is 45.1. The number of rotatable bonds is 40. The van der Waals surface area contributed by atoms with Crippen LogP contribution < -0.4 is 42.5 Å². The molecule has 30 nitrogen and oxygen atoms in total. The molecule has 39 heteroatoms. The number of ether oxygens (including phenoxy) is 1. The van der Waals surface area contributed by atoms with Crippen LogP contribution in [-0.4, -0.2) is 262 Å². The number of benzene rings is 2. The van der Waals surface area contributed by atoms with Gasteiger partial charge in [0.15, 0.2) is 12.4 Å². The third-order valence-corrected chi connectivity index (χ3v) is 30.8. The third kappa shape index (κ3) is 38.0. The average Bonchev–Trinajstić information content (AvgIpc) is 1.60. The second-order valence-electron chi connectivity index (χ2n) is 39.9. The number of halogens is 7. The maximum absolute atomic E-state index is 13.5. The van der Waals surface area contributed by atoms with Crippen LogP contribution in [0, 0.1) is 107 Å². The van der Waals surface area contributed by atoms with Crippen LogP contribution in [-0.2, 0) is 17.7 Å². The molecule has 8 amide bonds. The Kier molecular flexibility index (Phi) is 49.3. The lowest BCUT2D eigenvalue weighted by atomic mass is 9.79. The van der Waals surface area contributed by atoms with Crippen molar-refractivity contribution in [1.29, 1.82) is 10.5 Å². The minimum atomic E-state index is -0.563. The summed E-state index contributed by atoms with van der Waals surface area (Å²) in [7, 11) is 1.66. The van der Waals surface area contributed by atoms with Crippen molar-refractivity contribution in [3.63, 3.8) is 0 Å². The van der Waals surface area contributed by atoms with Crippen LogP contribution in [0.5, 0.6) is 0 Å². The standard InChI is InChI=1S/C29H41ClFN5O2.C28H39ClN6O2S.C27H36FN7OS.C26H34Cl2FN5O2/c1-19(2)11-17-36(29(38)34-24-8-6-23(31)7-9-24)25-12-15-35(16-13-25)21(4)10-14-32-28(37)27-20(3)18-26(30)33-22(27)5;1-19-15-25(29)34-21(3)26(19)28(36)32-9-5-20(2)35-11-6-23(7-12-35)24(16-22-8-14-38-17-22)27(33-18-30)31-10-13-37-4;1-18-14-24(28)32-20(3)25(18)26(36)30-10-6-19(2)34-11-7-23(8-12-34)35(15-21-9-13-37-16-21)27(31-17-29)33-22-4-5-22;1-4-13-34(26(36)31-20-7-5-19(29)6-8-20)21-10-14-33(15-11-21)18(3)9-12-30-25(35)23-17(2)16-22(27)32-24(23)28/h6-9,18-19,21,25H,10-17H2,1-5H3,(H,32,37)(H,34,38);8,14-15,17,20,23-24H,5-7,9-13,16H2,1-4H3,(H,31,33)(H,32,36);9,13-14,16,19,22-23H,4-8,10-12,15H2,1-3H3,(H,30,36)(H,31,33);5-8,16,18,21H,4,9-15H2,1-3H3,(H,30,35)(H,31,36)/t21-;20-,24?;19-;18-/m1111/s1. The largest absolute Gasteiger partial charge is 0.383 e. The van der Waals surface area contributed by atoms with Gasteiger partial charge in [-0.2, -0.15) is 37.6 Å². The van der Waals surface area contributed by atoms with E-state index in [0.717, 1.165) is 185 Å². The second kappa shape index (κ2) is 61.1. The predicted molar refractivity (Wildman–Crippen MR) is 591 cm³/mol. The number of carbonyl (C=O) groups is 6. The number of likely N-dealkylation sites (tertiary alicyclic amines) is 4. The molecule has 0 spiro atoms. The highest BCUT2D eigenvalue weighted by Crippen LogP contribution is 2.34.